The minimum absolute atomic E-state index is 0.0875. The molecule has 0 spiro atoms. The average molecular weight is 258 g/mol. The molecule has 6 heteroatoms. The maximum absolute atomic E-state index is 10.7. The van der Waals surface area contributed by atoms with Gasteiger partial charge in [-0.3, -0.25) is 0 Å². The number of likely N-dealkylation sites (N-methyl/N-ethyl adjacent to an activating group) is 1. The van der Waals surface area contributed by atoms with Crippen LogP contribution in [0.15, 0.2) is 18.2 Å². The lowest BCUT2D eigenvalue weighted by atomic mass is 9.97. The predicted octanol–water partition coefficient (Wildman–Crippen LogP) is 1.77. The molecule has 0 saturated heterocycles. The van der Waals surface area contributed by atoms with Gasteiger partial charge in [-0.25, -0.2) is 0 Å². The first kappa shape index (κ1) is 13.2. The van der Waals surface area contributed by atoms with E-state index in [1.54, 1.807) is 6.07 Å². The molecule has 0 N–H and O–H groups in total. The van der Waals surface area contributed by atoms with Crippen LogP contribution < -0.4 is 0 Å². The first-order valence-corrected chi connectivity index (χ1v) is 6.01. The van der Waals surface area contributed by atoms with E-state index in [1.807, 2.05) is 13.1 Å². The Balaban J connectivity index is 2.40. The zero-order chi connectivity index (χ0) is 13.8. The maximum Gasteiger partial charge on any atom is 0.363 e. The van der Waals surface area contributed by atoms with E-state index < -0.39 is 4.92 Å². The summed E-state index contributed by atoms with van der Waals surface area (Å²) in [7, 11) is 2.04. The zero-order valence-corrected chi connectivity index (χ0v) is 10.7. The molecule has 1 aromatic heterocycles. The molecule has 1 aliphatic rings. The van der Waals surface area contributed by atoms with Crippen LogP contribution in [0.1, 0.15) is 17.7 Å². The summed E-state index contributed by atoms with van der Waals surface area (Å²) in [6.45, 7) is 1.78. The fraction of sp³-hybridized carbons (Fsp3) is 0.385. The molecule has 0 amide bonds. The van der Waals surface area contributed by atoms with Crippen LogP contribution in [-0.2, 0) is 6.42 Å². The van der Waals surface area contributed by atoms with Crippen LogP contribution in [0.5, 0.6) is 0 Å². The van der Waals surface area contributed by atoms with E-state index >= 15 is 0 Å². The van der Waals surface area contributed by atoms with Gasteiger partial charge in [-0.2, -0.15) is 5.26 Å². The van der Waals surface area contributed by atoms with Crippen LogP contribution in [0.4, 0.5) is 5.82 Å². The fourth-order valence-corrected chi connectivity index (χ4v) is 2.11. The van der Waals surface area contributed by atoms with E-state index in [1.165, 1.54) is 6.07 Å². The molecule has 98 valence electrons. The van der Waals surface area contributed by atoms with Crippen LogP contribution in [0.25, 0.3) is 5.57 Å². The van der Waals surface area contributed by atoms with E-state index in [9.17, 15) is 10.1 Å². The van der Waals surface area contributed by atoms with Crippen molar-refractivity contribution in [1.29, 1.82) is 5.26 Å². The van der Waals surface area contributed by atoms with Gasteiger partial charge in [0.1, 0.15) is 6.42 Å². The molecule has 0 aliphatic carbocycles. The van der Waals surface area contributed by atoms with Crippen LogP contribution in [0.2, 0.25) is 0 Å². The van der Waals surface area contributed by atoms with E-state index in [-0.39, 0.29) is 12.2 Å². The highest BCUT2D eigenvalue weighted by Gasteiger charge is 2.19. The molecular weight excluding hydrogens is 244 g/mol. The third-order valence-electron chi connectivity index (χ3n) is 3.15. The summed E-state index contributed by atoms with van der Waals surface area (Å²) >= 11 is 0. The van der Waals surface area contributed by atoms with E-state index in [0.29, 0.717) is 5.69 Å². The van der Waals surface area contributed by atoms with Crippen molar-refractivity contribution in [1.82, 2.24) is 9.88 Å². The molecular formula is C13H14N4O2. The van der Waals surface area contributed by atoms with Gasteiger partial charge in [0.25, 0.3) is 0 Å². The first-order valence-electron chi connectivity index (χ1n) is 6.01. The summed E-state index contributed by atoms with van der Waals surface area (Å²) in [5.41, 5.74) is 2.47. The van der Waals surface area contributed by atoms with Crippen molar-refractivity contribution in [2.24, 2.45) is 0 Å². The molecule has 1 aliphatic heterocycles. The van der Waals surface area contributed by atoms with Crippen molar-refractivity contribution < 1.29 is 4.92 Å². The molecule has 0 fully saturated rings. The predicted molar refractivity (Wildman–Crippen MR) is 70.3 cm³/mol. The first-order chi connectivity index (χ1) is 9.11. The zero-order valence-electron chi connectivity index (χ0n) is 10.7. The minimum Gasteiger partial charge on any atom is -0.358 e. The quantitative estimate of drug-likeness (QED) is 0.609. The Hall–Kier alpha value is -2.26. The highest BCUT2D eigenvalue weighted by Crippen LogP contribution is 2.26. The molecule has 0 radical (unpaired) electrons. The van der Waals surface area contributed by atoms with Gasteiger partial charge in [-0.05, 0) is 35.0 Å². The number of rotatable bonds is 3. The van der Waals surface area contributed by atoms with Crippen LogP contribution in [0, 0.1) is 21.4 Å². The largest absolute Gasteiger partial charge is 0.363 e. The maximum atomic E-state index is 10.7. The highest BCUT2D eigenvalue weighted by atomic mass is 16.6. The van der Waals surface area contributed by atoms with Gasteiger partial charge in [-0.15, -0.1) is 0 Å². The van der Waals surface area contributed by atoms with Gasteiger partial charge >= 0.3 is 5.82 Å². The summed E-state index contributed by atoms with van der Waals surface area (Å²) in [6.07, 6.45) is 3.05. The Labute approximate surface area is 111 Å². The topological polar surface area (TPSA) is 83.1 Å². The molecule has 0 unspecified atom stereocenters. The normalized spacial score (nSPS) is 15.7. The number of nitrogens with zero attached hydrogens (tertiary/aromatic N) is 4. The van der Waals surface area contributed by atoms with Crippen molar-refractivity contribution in [3.8, 4) is 6.07 Å². The molecule has 0 aromatic carbocycles. The Morgan fingerprint density at radius 1 is 1.58 bits per heavy atom. The molecule has 0 saturated carbocycles. The van der Waals surface area contributed by atoms with E-state index in [4.69, 9.17) is 5.26 Å². The molecule has 2 rings (SSSR count). The van der Waals surface area contributed by atoms with Crippen molar-refractivity contribution in [3.63, 3.8) is 0 Å². The Bertz CT molecular complexity index is 574. The van der Waals surface area contributed by atoms with Crippen LogP contribution >= 0.6 is 0 Å². The third-order valence-corrected chi connectivity index (χ3v) is 3.15. The van der Waals surface area contributed by atoms with E-state index in [0.717, 1.165) is 30.6 Å². The second-order valence-electron chi connectivity index (χ2n) is 4.50. The van der Waals surface area contributed by atoms with Gasteiger partial charge in [0, 0.05) is 24.7 Å². The van der Waals surface area contributed by atoms with Crippen LogP contribution in [-0.4, -0.2) is 34.9 Å². The molecule has 6 nitrogen and oxygen atoms in total. The Morgan fingerprint density at radius 3 is 2.95 bits per heavy atom. The van der Waals surface area contributed by atoms with Crippen molar-refractivity contribution in [3.05, 3.63) is 39.6 Å². The van der Waals surface area contributed by atoms with Crippen molar-refractivity contribution >= 4 is 11.4 Å². The second-order valence-corrected chi connectivity index (χ2v) is 4.50. The standard InChI is InChI=1S/C13H14N4O2/c1-16-8-5-10(6-9-16)11-2-3-13(17(18)19)15-12(11)4-7-14/h2-3,5H,4,6,8-9H2,1H3. The number of hydrogen-bond donors (Lipinski definition) is 0. The molecule has 0 bridgehead atoms. The summed E-state index contributed by atoms with van der Waals surface area (Å²) < 4.78 is 0. The van der Waals surface area contributed by atoms with Crippen LogP contribution in [0.3, 0.4) is 0 Å². The van der Waals surface area contributed by atoms with Crippen molar-refractivity contribution in [2.75, 3.05) is 20.1 Å². The Morgan fingerprint density at radius 2 is 2.37 bits per heavy atom. The van der Waals surface area contributed by atoms with E-state index in [2.05, 4.69) is 16.0 Å². The summed E-state index contributed by atoms with van der Waals surface area (Å²) in [6, 6.07) is 5.12. The van der Waals surface area contributed by atoms with Gasteiger partial charge < -0.3 is 15.0 Å². The van der Waals surface area contributed by atoms with Gasteiger partial charge in [0.2, 0.25) is 0 Å². The fourth-order valence-electron chi connectivity index (χ4n) is 2.11. The highest BCUT2D eigenvalue weighted by molar-refractivity contribution is 5.69. The number of pyridine rings is 1. The molecule has 2 heterocycles. The summed E-state index contributed by atoms with van der Waals surface area (Å²) in [5, 5.41) is 19.6. The number of nitriles is 1. The number of aromatic nitrogens is 1. The molecule has 0 atom stereocenters. The lowest BCUT2D eigenvalue weighted by molar-refractivity contribution is -0.389. The third kappa shape index (κ3) is 2.95. The SMILES string of the molecule is CN1CC=C(c2ccc([N+](=O)[O-])nc2CC#N)CC1. The Kier molecular flexibility index (Phi) is 3.88. The monoisotopic (exact) mass is 258 g/mol. The average Bonchev–Trinajstić information content (AvgIpc) is 2.40. The lowest BCUT2D eigenvalue weighted by Crippen LogP contribution is -2.24. The molecule has 19 heavy (non-hydrogen) atoms. The van der Waals surface area contributed by atoms with Gasteiger partial charge in [-0.1, -0.05) is 6.08 Å². The second kappa shape index (κ2) is 5.59. The number of hydrogen-bond acceptors (Lipinski definition) is 5. The van der Waals surface area contributed by atoms with Gasteiger partial charge in [0.15, 0.2) is 5.69 Å². The lowest BCUT2D eigenvalue weighted by Gasteiger charge is -2.22. The van der Waals surface area contributed by atoms with Crippen molar-refractivity contribution in [2.45, 2.75) is 12.8 Å². The molecule has 1 aromatic rings. The van der Waals surface area contributed by atoms with Gasteiger partial charge in [0.05, 0.1) is 6.07 Å². The summed E-state index contributed by atoms with van der Waals surface area (Å²) in [4.78, 5) is 16.4. The summed E-state index contributed by atoms with van der Waals surface area (Å²) in [5.74, 6) is -0.206. The number of nitro groups is 1. The smallest absolute Gasteiger partial charge is 0.358 e. The minimum atomic E-state index is -0.534.